The molecule has 0 saturated heterocycles. The molecule has 3 aromatic carbocycles. The Bertz CT molecular complexity index is 1070. The zero-order chi connectivity index (χ0) is 20.3. The smallest absolute Gasteiger partial charge is 0.186 e. The molecule has 0 saturated carbocycles. The average molecular weight is 411 g/mol. The maximum atomic E-state index is 13.5. The second kappa shape index (κ2) is 8.35. The van der Waals surface area contributed by atoms with E-state index in [0.29, 0.717) is 13.1 Å². The van der Waals surface area contributed by atoms with Gasteiger partial charge < -0.3 is 5.32 Å². The number of nitrogens with one attached hydrogen (secondary N) is 1. The van der Waals surface area contributed by atoms with Gasteiger partial charge in [-0.3, -0.25) is 4.90 Å². The minimum atomic E-state index is -3.69. The molecule has 4 rings (SSSR count). The summed E-state index contributed by atoms with van der Waals surface area (Å²) in [7, 11) is -3.69. The zero-order valence-electron chi connectivity index (χ0n) is 16.0. The van der Waals surface area contributed by atoms with E-state index in [-0.39, 0.29) is 4.90 Å². The van der Waals surface area contributed by atoms with Gasteiger partial charge in [-0.15, -0.1) is 0 Å². The van der Waals surface area contributed by atoms with Crippen LogP contribution < -0.4 is 5.32 Å². The van der Waals surface area contributed by atoms with Gasteiger partial charge in [-0.05, 0) is 41.5 Å². The Morgan fingerprint density at radius 1 is 0.931 bits per heavy atom. The number of benzene rings is 3. The predicted molar refractivity (Wildman–Crippen MR) is 113 cm³/mol. The lowest BCUT2D eigenvalue weighted by Crippen LogP contribution is -2.33. The number of hydrogen-bond acceptors (Lipinski definition) is 4. The molecule has 150 valence electrons. The fourth-order valence-corrected chi connectivity index (χ4v) is 5.50. The molecule has 1 atom stereocenters. The first-order valence-corrected chi connectivity index (χ1v) is 11.2. The lowest BCUT2D eigenvalue weighted by Gasteiger charge is -2.26. The first-order chi connectivity index (χ1) is 14.0. The van der Waals surface area contributed by atoms with Gasteiger partial charge in [-0.2, -0.15) is 0 Å². The summed E-state index contributed by atoms with van der Waals surface area (Å²) in [5.41, 5.74) is 2.98. The van der Waals surface area contributed by atoms with Crippen LogP contribution in [0, 0.1) is 5.82 Å². The van der Waals surface area contributed by atoms with Crippen LogP contribution in [0.25, 0.3) is 0 Å². The fourth-order valence-electron chi connectivity index (χ4n) is 3.73. The highest BCUT2D eigenvalue weighted by atomic mass is 32.2. The number of hydrogen-bond donors (Lipinski definition) is 1. The molecular weight excluding hydrogens is 387 g/mol. The molecular formula is C23H23FN2O2S. The number of halogens is 1. The second-order valence-electron chi connectivity index (χ2n) is 7.22. The largest absolute Gasteiger partial charge is 0.383 e. The number of anilines is 1. The van der Waals surface area contributed by atoms with E-state index in [4.69, 9.17) is 0 Å². The van der Waals surface area contributed by atoms with Gasteiger partial charge in [-0.25, -0.2) is 12.8 Å². The SMILES string of the molecule is O=S(=O)(c1ccc(F)cc1)C(CN1CCNc2ccccc2C1)c1ccccc1. The Morgan fingerprint density at radius 3 is 2.38 bits per heavy atom. The fraction of sp³-hybridized carbons (Fsp3) is 0.217. The van der Waals surface area contributed by atoms with Crippen LogP contribution in [0.5, 0.6) is 0 Å². The summed E-state index contributed by atoms with van der Waals surface area (Å²) in [5, 5.41) is 2.68. The van der Waals surface area contributed by atoms with E-state index in [1.54, 1.807) is 0 Å². The number of nitrogens with zero attached hydrogens (tertiary/aromatic N) is 1. The van der Waals surface area contributed by atoms with Gasteiger partial charge in [0.1, 0.15) is 11.1 Å². The first kappa shape index (κ1) is 19.6. The van der Waals surface area contributed by atoms with E-state index in [1.165, 1.54) is 24.3 Å². The van der Waals surface area contributed by atoms with Gasteiger partial charge in [0.15, 0.2) is 9.84 Å². The maximum Gasteiger partial charge on any atom is 0.186 e. The van der Waals surface area contributed by atoms with Crippen LogP contribution in [0.15, 0.2) is 83.8 Å². The van der Waals surface area contributed by atoms with Gasteiger partial charge in [0, 0.05) is 31.9 Å². The summed E-state index contributed by atoms with van der Waals surface area (Å²) in [6.07, 6.45) is 0. The molecule has 6 heteroatoms. The number of fused-ring (bicyclic) bond motifs is 1. The van der Waals surface area contributed by atoms with Crippen LogP contribution in [0.3, 0.4) is 0 Å². The van der Waals surface area contributed by atoms with Crippen molar-refractivity contribution in [2.24, 2.45) is 0 Å². The molecule has 0 radical (unpaired) electrons. The number of rotatable bonds is 5. The molecule has 1 heterocycles. The Hall–Kier alpha value is -2.70. The molecule has 1 aliphatic rings. The molecule has 0 spiro atoms. The summed E-state index contributed by atoms with van der Waals surface area (Å²) in [4.78, 5) is 2.30. The first-order valence-electron chi connectivity index (χ1n) is 9.62. The molecule has 0 amide bonds. The topological polar surface area (TPSA) is 49.4 Å². The minimum absolute atomic E-state index is 0.140. The Labute approximate surface area is 170 Å². The third kappa shape index (κ3) is 4.33. The van der Waals surface area contributed by atoms with Crippen molar-refractivity contribution in [2.45, 2.75) is 16.7 Å². The van der Waals surface area contributed by atoms with Crippen LogP contribution in [-0.2, 0) is 16.4 Å². The lowest BCUT2D eigenvalue weighted by atomic mass is 10.1. The average Bonchev–Trinajstić information content (AvgIpc) is 2.94. The molecule has 1 unspecified atom stereocenters. The van der Waals surface area contributed by atoms with Crippen molar-refractivity contribution >= 4 is 15.5 Å². The van der Waals surface area contributed by atoms with Crippen LogP contribution in [0.4, 0.5) is 10.1 Å². The second-order valence-corrected chi connectivity index (χ2v) is 9.35. The molecule has 1 N–H and O–H groups in total. The van der Waals surface area contributed by atoms with Crippen molar-refractivity contribution in [3.05, 3.63) is 95.8 Å². The van der Waals surface area contributed by atoms with Crippen molar-refractivity contribution in [3.8, 4) is 0 Å². The van der Waals surface area contributed by atoms with Crippen molar-refractivity contribution in [3.63, 3.8) is 0 Å². The molecule has 4 nitrogen and oxygen atoms in total. The monoisotopic (exact) mass is 410 g/mol. The van der Waals surface area contributed by atoms with Crippen LogP contribution in [-0.4, -0.2) is 33.0 Å². The van der Waals surface area contributed by atoms with E-state index in [1.807, 2.05) is 48.5 Å². The van der Waals surface area contributed by atoms with E-state index in [2.05, 4.69) is 16.3 Å². The Kier molecular flexibility index (Phi) is 5.65. The Morgan fingerprint density at radius 2 is 1.62 bits per heavy atom. The standard InChI is InChI=1S/C23H23FN2O2S/c24-20-10-12-21(13-11-20)29(27,28)23(18-6-2-1-3-7-18)17-26-15-14-25-22-9-5-4-8-19(22)16-26/h1-13,23,25H,14-17H2. The molecule has 0 aliphatic carbocycles. The predicted octanol–water partition coefficient (Wildman–Crippen LogP) is 4.27. The molecule has 0 fully saturated rings. The zero-order valence-corrected chi connectivity index (χ0v) is 16.8. The lowest BCUT2D eigenvalue weighted by molar-refractivity contribution is 0.279. The van der Waals surface area contributed by atoms with Crippen LogP contribution >= 0.6 is 0 Å². The van der Waals surface area contributed by atoms with Crippen molar-refractivity contribution in [1.29, 1.82) is 0 Å². The summed E-state index contributed by atoms with van der Waals surface area (Å²) in [6.45, 7) is 2.51. The summed E-state index contributed by atoms with van der Waals surface area (Å²) in [6, 6.07) is 22.4. The van der Waals surface area contributed by atoms with Crippen molar-refractivity contribution in [2.75, 3.05) is 25.0 Å². The summed E-state index contributed by atoms with van der Waals surface area (Å²) < 4.78 is 40.3. The van der Waals surface area contributed by atoms with Gasteiger partial charge in [0.05, 0.1) is 4.90 Å². The summed E-state index contributed by atoms with van der Waals surface area (Å²) >= 11 is 0. The van der Waals surface area contributed by atoms with Gasteiger partial charge in [0.25, 0.3) is 0 Å². The maximum absolute atomic E-state index is 13.5. The molecule has 1 aliphatic heterocycles. The Balaban J connectivity index is 1.68. The summed E-state index contributed by atoms with van der Waals surface area (Å²) in [5.74, 6) is -0.449. The van der Waals surface area contributed by atoms with Crippen LogP contribution in [0.1, 0.15) is 16.4 Å². The third-order valence-corrected chi connectivity index (χ3v) is 7.37. The third-order valence-electron chi connectivity index (χ3n) is 5.27. The van der Waals surface area contributed by atoms with E-state index >= 15 is 0 Å². The van der Waals surface area contributed by atoms with E-state index in [9.17, 15) is 12.8 Å². The molecule has 3 aromatic rings. The van der Waals surface area contributed by atoms with Gasteiger partial charge in [-0.1, -0.05) is 48.5 Å². The minimum Gasteiger partial charge on any atom is -0.383 e. The van der Waals surface area contributed by atoms with Gasteiger partial charge >= 0.3 is 0 Å². The number of sulfone groups is 1. The quantitative estimate of drug-likeness (QED) is 0.639. The molecule has 0 bridgehead atoms. The molecule has 29 heavy (non-hydrogen) atoms. The van der Waals surface area contributed by atoms with Crippen molar-refractivity contribution in [1.82, 2.24) is 4.90 Å². The molecule has 0 aromatic heterocycles. The normalized spacial score (nSPS) is 15.8. The van der Waals surface area contributed by atoms with Crippen molar-refractivity contribution < 1.29 is 12.8 Å². The highest BCUT2D eigenvalue weighted by molar-refractivity contribution is 7.91. The number of para-hydroxylation sites is 1. The van der Waals surface area contributed by atoms with Crippen LogP contribution in [0.2, 0.25) is 0 Å². The van der Waals surface area contributed by atoms with E-state index < -0.39 is 20.9 Å². The van der Waals surface area contributed by atoms with Gasteiger partial charge in [0.2, 0.25) is 0 Å². The van der Waals surface area contributed by atoms with E-state index in [0.717, 1.165) is 29.9 Å². The highest BCUT2D eigenvalue weighted by Crippen LogP contribution is 2.31. The highest BCUT2D eigenvalue weighted by Gasteiger charge is 2.31.